The summed E-state index contributed by atoms with van der Waals surface area (Å²) in [6, 6.07) is 3.91. The van der Waals surface area contributed by atoms with E-state index in [-0.39, 0.29) is 21.8 Å². The normalized spacial score (nSPS) is 14.5. The van der Waals surface area contributed by atoms with E-state index in [1.807, 2.05) is 0 Å². The van der Waals surface area contributed by atoms with Crippen LogP contribution in [0, 0.1) is 10.1 Å². The number of nitrogens with zero attached hydrogens (tertiary/aromatic N) is 1. The molecule has 1 aliphatic rings. The third kappa shape index (κ3) is 2.02. The molecule has 1 aromatic rings. The van der Waals surface area contributed by atoms with Gasteiger partial charge >= 0.3 is 0 Å². The monoisotopic (exact) mass is 252 g/mol. The summed E-state index contributed by atoms with van der Waals surface area (Å²) >= 11 is 5.63. The molecule has 86 valence electrons. The van der Waals surface area contributed by atoms with Crippen molar-refractivity contribution in [1.29, 1.82) is 0 Å². The second-order valence-corrected chi connectivity index (χ2v) is 3.71. The van der Waals surface area contributed by atoms with E-state index in [1.165, 1.54) is 12.1 Å². The summed E-state index contributed by atoms with van der Waals surface area (Å²) in [6.07, 6.45) is 1.09. The molecule has 0 bridgehead atoms. The molecular formula is C10H5ClN2O4. The van der Waals surface area contributed by atoms with Gasteiger partial charge in [-0.15, -0.1) is 0 Å². The highest BCUT2D eigenvalue weighted by atomic mass is 35.5. The smallest absolute Gasteiger partial charge is 0.288 e. The molecular weight excluding hydrogens is 248 g/mol. The Morgan fingerprint density at radius 1 is 1.29 bits per heavy atom. The Hall–Kier alpha value is -2.21. The van der Waals surface area contributed by atoms with E-state index < -0.39 is 16.7 Å². The molecule has 1 aromatic carbocycles. The van der Waals surface area contributed by atoms with Crippen molar-refractivity contribution in [2.45, 2.75) is 0 Å². The highest BCUT2D eigenvalue weighted by molar-refractivity contribution is 6.35. The number of carbonyl (C=O) groups excluding carboxylic acids is 2. The zero-order chi connectivity index (χ0) is 12.6. The number of hydrogen-bond acceptors (Lipinski definition) is 4. The number of amides is 2. The average Bonchev–Trinajstić information content (AvgIpc) is 2.58. The highest BCUT2D eigenvalue weighted by Gasteiger charge is 2.24. The zero-order valence-corrected chi connectivity index (χ0v) is 9.02. The largest absolute Gasteiger partial charge is 0.289 e. The van der Waals surface area contributed by atoms with Crippen LogP contribution < -0.4 is 5.32 Å². The Morgan fingerprint density at radius 2 is 2.00 bits per heavy atom. The first-order chi connectivity index (χ1) is 7.99. The molecule has 2 rings (SSSR count). The van der Waals surface area contributed by atoms with Crippen molar-refractivity contribution < 1.29 is 14.5 Å². The number of nitro benzene ring substituents is 1. The Balaban J connectivity index is 2.51. The maximum Gasteiger partial charge on any atom is 0.288 e. The van der Waals surface area contributed by atoms with E-state index in [4.69, 9.17) is 11.6 Å². The molecule has 0 radical (unpaired) electrons. The first kappa shape index (κ1) is 11.3. The van der Waals surface area contributed by atoms with Gasteiger partial charge in [-0.2, -0.15) is 0 Å². The molecule has 1 heterocycles. The fraction of sp³-hybridized carbons (Fsp3) is 0. The molecule has 6 nitrogen and oxygen atoms in total. The predicted molar refractivity (Wildman–Crippen MR) is 59.2 cm³/mol. The molecule has 1 aliphatic heterocycles. The molecule has 7 heteroatoms. The van der Waals surface area contributed by atoms with Gasteiger partial charge in [0.15, 0.2) is 0 Å². The lowest BCUT2D eigenvalue weighted by molar-refractivity contribution is -0.384. The van der Waals surface area contributed by atoms with Gasteiger partial charge < -0.3 is 0 Å². The molecule has 0 saturated carbocycles. The van der Waals surface area contributed by atoms with Gasteiger partial charge in [0.1, 0.15) is 5.02 Å². The fourth-order valence-electron chi connectivity index (χ4n) is 1.45. The van der Waals surface area contributed by atoms with Crippen LogP contribution in [0.15, 0.2) is 24.3 Å². The second-order valence-electron chi connectivity index (χ2n) is 3.30. The molecule has 0 aliphatic carbocycles. The summed E-state index contributed by atoms with van der Waals surface area (Å²) in [5.41, 5.74) is 0.0661. The molecule has 0 atom stereocenters. The van der Waals surface area contributed by atoms with Gasteiger partial charge in [-0.25, -0.2) is 0 Å². The summed E-state index contributed by atoms with van der Waals surface area (Å²) in [7, 11) is 0. The first-order valence-electron chi connectivity index (χ1n) is 4.50. The molecule has 1 N–H and O–H groups in total. The van der Waals surface area contributed by atoms with Crippen molar-refractivity contribution >= 4 is 34.7 Å². The minimum absolute atomic E-state index is 0.0240. The SMILES string of the molecule is O=C1C=C(c2ccc(Cl)c([N+](=O)[O-])c2)C(=O)N1. The van der Waals surface area contributed by atoms with Gasteiger partial charge in [-0.1, -0.05) is 17.7 Å². The summed E-state index contributed by atoms with van der Waals surface area (Å²) in [4.78, 5) is 32.3. The van der Waals surface area contributed by atoms with Crippen LogP contribution in [0.2, 0.25) is 5.02 Å². The number of nitrogens with one attached hydrogen (secondary N) is 1. The lowest BCUT2D eigenvalue weighted by atomic mass is 10.1. The lowest BCUT2D eigenvalue weighted by Crippen LogP contribution is -2.21. The molecule has 0 fully saturated rings. The second kappa shape index (κ2) is 3.99. The van der Waals surface area contributed by atoms with E-state index in [0.29, 0.717) is 0 Å². The van der Waals surface area contributed by atoms with Crippen LogP contribution in [0.4, 0.5) is 5.69 Å². The van der Waals surface area contributed by atoms with Crippen molar-refractivity contribution in [1.82, 2.24) is 5.32 Å². The van der Waals surface area contributed by atoms with Crippen LogP contribution in [0.3, 0.4) is 0 Å². The zero-order valence-electron chi connectivity index (χ0n) is 8.27. The van der Waals surface area contributed by atoms with Crippen LogP contribution in [-0.2, 0) is 9.59 Å². The maximum absolute atomic E-state index is 11.3. The van der Waals surface area contributed by atoms with Crippen LogP contribution in [0.5, 0.6) is 0 Å². The minimum atomic E-state index is -0.652. The van der Waals surface area contributed by atoms with Crippen molar-refractivity contribution in [2.75, 3.05) is 0 Å². The highest BCUT2D eigenvalue weighted by Crippen LogP contribution is 2.29. The summed E-state index contributed by atoms with van der Waals surface area (Å²) in [5, 5.41) is 12.7. The van der Waals surface area contributed by atoms with Gasteiger partial charge in [0.2, 0.25) is 0 Å². The number of halogens is 1. The molecule has 17 heavy (non-hydrogen) atoms. The van der Waals surface area contributed by atoms with Crippen LogP contribution in [-0.4, -0.2) is 16.7 Å². The molecule has 0 spiro atoms. The number of carbonyl (C=O) groups is 2. The number of imide groups is 1. The Morgan fingerprint density at radius 3 is 2.53 bits per heavy atom. The number of hydrogen-bond donors (Lipinski definition) is 1. The van der Waals surface area contributed by atoms with Gasteiger partial charge in [-0.3, -0.25) is 25.0 Å². The quantitative estimate of drug-likeness (QED) is 0.488. The van der Waals surface area contributed by atoms with E-state index in [1.54, 1.807) is 0 Å². The van der Waals surface area contributed by atoms with E-state index in [0.717, 1.165) is 12.1 Å². The average molecular weight is 253 g/mol. The minimum Gasteiger partial charge on any atom is -0.289 e. The van der Waals surface area contributed by atoms with Crippen molar-refractivity contribution in [3.05, 3.63) is 45.0 Å². The third-order valence-corrected chi connectivity index (χ3v) is 2.53. The summed E-state index contributed by atoms with van der Waals surface area (Å²) < 4.78 is 0. The first-order valence-corrected chi connectivity index (χ1v) is 4.88. The van der Waals surface area contributed by atoms with E-state index in [9.17, 15) is 19.7 Å². The summed E-state index contributed by atoms with van der Waals surface area (Å²) in [6.45, 7) is 0. The van der Waals surface area contributed by atoms with E-state index >= 15 is 0 Å². The topological polar surface area (TPSA) is 89.3 Å². The van der Waals surface area contributed by atoms with Crippen LogP contribution in [0.1, 0.15) is 5.56 Å². The van der Waals surface area contributed by atoms with Crippen molar-refractivity contribution in [3.8, 4) is 0 Å². The Bertz CT molecular complexity index is 580. The molecule has 2 amide bonds. The van der Waals surface area contributed by atoms with Gasteiger partial charge in [0.25, 0.3) is 17.5 Å². The van der Waals surface area contributed by atoms with Gasteiger partial charge in [-0.05, 0) is 11.6 Å². The van der Waals surface area contributed by atoms with Gasteiger partial charge in [0, 0.05) is 12.1 Å². The fourth-order valence-corrected chi connectivity index (χ4v) is 1.63. The number of benzene rings is 1. The molecule has 0 unspecified atom stereocenters. The van der Waals surface area contributed by atoms with E-state index in [2.05, 4.69) is 5.32 Å². The Kier molecular flexibility index (Phi) is 2.64. The Labute approximate surface area is 100 Å². The lowest BCUT2D eigenvalue weighted by Gasteiger charge is -2.01. The summed E-state index contributed by atoms with van der Waals surface area (Å²) in [5.74, 6) is -1.12. The number of rotatable bonds is 2. The standard InChI is InChI=1S/C10H5ClN2O4/c11-7-2-1-5(3-8(7)13(16)17)6-4-9(14)12-10(6)15/h1-4H,(H,12,14,15). The number of nitro groups is 1. The molecule has 0 saturated heterocycles. The van der Waals surface area contributed by atoms with Crippen molar-refractivity contribution in [2.24, 2.45) is 0 Å². The van der Waals surface area contributed by atoms with Crippen LogP contribution >= 0.6 is 11.6 Å². The van der Waals surface area contributed by atoms with Gasteiger partial charge in [0.05, 0.1) is 10.5 Å². The van der Waals surface area contributed by atoms with Crippen LogP contribution in [0.25, 0.3) is 5.57 Å². The third-order valence-electron chi connectivity index (χ3n) is 2.21. The maximum atomic E-state index is 11.3. The van der Waals surface area contributed by atoms with Crippen molar-refractivity contribution in [3.63, 3.8) is 0 Å². The predicted octanol–water partition coefficient (Wildman–Crippen LogP) is 1.29. The molecule has 0 aromatic heterocycles.